The monoisotopic (exact) mass is 545 g/mol. The van der Waals surface area contributed by atoms with Crippen molar-refractivity contribution in [3.8, 4) is 11.1 Å². The number of nitrogen functional groups attached to an aromatic ring is 2. The van der Waals surface area contributed by atoms with E-state index in [1.54, 1.807) is 0 Å². The molecule has 196 valence electrons. The molecular formula is C37H27N3S. The number of rotatable bonds is 1. The lowest BCUT2D eigenvalue weighted by molar-refractivity contribution is 1.02. The van der Waals surface area contributed by atoms with Crippen LogP contribution in [0.1, 0.15) is 12.5 Å². The second-order valence-electron chi connectivity index (χ2n) is 9.85. The molecule has 6 rings (SSSR count). The Labute approximate surface area is 244 Å². The number of thiocarbonyl (C=S) groups is 1. The SMILES string of the molecule is CCN1C(=c2ccc(=C=C=c3ccc(=C=C=C4C=CC(=S)C=C4)cc3)cc2)c2cc(N)ccc2-c2ccc(N)cc21. The molecule has 0 saturated heterocycles. The van der Waals surface area contributed by atoms with E-state index in [9.17, 15) is 0 Å². The zero-order valence-corrected chi connectivity index (χ0v) is 23.4. The summed E-state index contributed by atoms with van der Waals surface area (Å²) in [6.07, 6.45) is 7.66. The van der Waals surface area contributed by atoms with Crippen LogP contribution < -0.4 is 37.2 Å². The predicted molar refractivity (Wildman–Crippen MR) is 176 cm³/mol. The largest absolute Gasteiger partial charge is 0.399 e. The number of anilines is 3. The molecular weight excluding hydrogens is 518 g/mol. The molecule has 3 nitrogen and oxygen atoms in total. The summed E-state index contributed by atoms with van der Waals surface area (Å²) in [5.41, 5.74) is 33.4. The topological polar surface area (TPSA) is 55.3 Å². The highest BCUT2D eigenvalue weighted by Crippen LogP contribution is 2.44. The van der Waals surface area contributed by atoms with Gasteiger partial charge in [-0.05, 0) is 103 Å². The zero-order valence-electron chi connectivity index (χ0n) is 22.6. The molecule has 1 aliphatic heterocycles. The summed E-state index contributed by atoms with van der Waals surface area (Å²) in [5, 5.41) is 3.92. The van der Waals surface area contributed by atoms with Crippen molar-refractivity contribution in [2.24, 2.45) is 0 Å². The molecule has 0 bridgehead atoms. The van der Waals surface area contributed by atoms with Gasteiger partial charge in [0, 0.05) is 55.1 Å². The molecule has 1 heterocycles. The van der Waals surface area contributed by atoms with Gasteiger partial charge in [0.15, 0.2) is 0 Å². The van der Waals surface area contributed by atoms with E-state index in [0.29, 0.717) is 0 Å². The maximum absolute atomic E-state index is 6.25. The summed E-state index contributed by atoms with van der Waals surface area (Å²) in [5.74, 6) is 0. The van der Waals surface area contributed by atoms with E-state index in [1.165, 1.54) is 0 Å². The van der Waals surface area contributed by atoms with E-state index in [0.717, 1.165) is 77.3 Å². The Bertz CT molecular complexity index is 2110. The molecule has 4 heteroatoms. The summed E-state index contributed by atoms with van der Waals surface area (Å²) >= 11 is 5.13. The Morgan fingerprint density at radius 1 is 0.610 bits per heavy atom. The van der Waals surface area contributed by atoms with Crippen molar-refractivity contribution >= 4 is 57.0 Å². The van der Waals surface area contributed by atoms with E-state index in [2.05, 4.69) is 77.2 Å². The van der Waals surface area contributed by atoms with E-state index >= 15 is 0 Å². The van der Waals surface area contributed by atoms with E-state index in [1.807, 2.05) is 66.8 Å². The average molecular weight is 546 g/mol. The summed E-state index contributed by atoms with van der Waals surface area (Å²) in [6.45, 7) is 2.95. The molecule has 0 unspecified atom stereocenters. The number of nitrogens with two attached hydrogens (primary N) is 2. The lowest BCUT2D eigenvalue weighted by Gasteiger charge is -2.35. The molecule has 4 N–H and O–H groups in total. The zero-order chi connectivity index (χ0) is 28.3. The molecule has 0 fully saturated rings. The highest BCUT2D eigenvalue weighted by atomic mass is 32.1. The lowest BCUT2D eigenvalue weighted by Crippen LogP contribution is -2.31. The summed E-state index contributed by atoms with van der Waals surface area (Å²) in [7, 11) is 0. The molecule has 4 aromatic rings. The first-order valence-corrected chi connectivity index (χ1v) is 13.9. The second-order valence-corrected chi connectivity index (χ2v) is 10.3. The molecule has 41 heavy (non-hydrogen) atoms. The summed E-state index contributed by atoms with van der Waals surface area (Å²) < 4.78 is 0. The first-order chi connectivity index (χ1) is 20.0. The van der Waals surface area contributed by atoms with Crippen molar-refractivity contribution in [1.82, 2.24) is 0 Å². The maximum Gasteiger partial charge on any atom is 0.0565 e. The number of fused-ring (bicyclic) bond motifs is 3. The Morgan fingerprint density at radius 3 is 1.76 bits per heavy atom. The quantitative estimate of drug-likeness (QED) is 0.210. The molecule has 0 aromatic heterocycles. The van der Waals surface area contributed by atoms with Crippen LogP contribution in [0.15, 0.2) is 121 Å². The third kappa shape index (κ3) is 5.43. The number of nitrogens with zero attached hydrogens (tertiary/aromatic N) is 1. The van der Waals surface area contributed by atoms with Crippen LogP contribution in [0.4, 0.5) is 17.1 Å². The molecule has 1 aliphatic carbocycles. The van der Waals surface area contributed by atoms with Gasteiger partial charge in [-0.25, -0.2) is 0 Å². The van der Waals surface area contributed by atoms with Gasteiger partial charge < -0.3 is 16.4 Å². The van der Waals surface area contributed by atoms with Gasteiger partial charge >= 0.3 is 0 Å². The molecule has 0 atom stereocenters. The van der Waals surface area contributed by atoms with E-state index in [-0.39, 0.29) is 0 Å². The van der Waals surface area contributed by atoms with Crippen LogP contribution in [0.25, 0.3) is 34.0 Å². The minimum Gasteiger partial charge on any atom is -0.399 e. The minimum absolute atomic E-state index is 0.738. The van der Waals surface area contributed by atoms with Crippen LogP contribution in [0.3, 0.4) is 0 Å². The van der Waals surface area contributed by atoms with Crippen molar-refractivity contribution < 1.29 is 0 Å². The summed E-state index contributed by atoms with van der Waals surface area (Å²) in [6, 6.07) is 28.6. The van der Waals surface area contributed by atoms with Crippen LogP contribution >= 0.6 is 12.2 Å². The smallest absolute Gasteiger partial charge is 0.0565 e. The minimum atomic E-state index is 0.738. The molecule has 4 aromatic carbocycles. The predicted octanol–water partition coefficient (Wildman–Crippen LogP) is 4.49. The molecule has 0 amide bonds. The molecule has 2 aliphatic rings. The fraction of sp³-hybridized carbons (Fsp3) is 0.0541. The van der Waals surface area contributed by atoms with E-state index < -0.39 is 0 Å². The van der Waals surface area contributed by atoms with E-state index in [4.69, 9.17) is 23.7 Å². The van der Waals surface area contributed by atoms with Crippen LogP contribution in [0, 0.1) is 0 Å². The lowest BCUT2D eigenvalue weighted by atomic mass is 9.89. The van der Waals surface area contributed by atoms with Crippen LogP contribution in [0.2, 0.25) is 0 Å². The van der Waals surface area contributed by atoms with Crippen LogP contribution in [-0.4, -0.2) is 11.4 Å². The van der Waals surface area contributed by atoms with Crippen molar-refractivity contribution in [3.05, 3.63) is 147 Å². The second kappa shape index (κ2) is 11.1. The van der Waals surface area contributed by atoms with Gasteiger partial charge in [0.05, 0.1) is 11.4 Å². The third-order valence-electron chi connectivity index (χ3n) is 7.09. The van der Waals surface area contributed by atoms with Gasteiger partial charge in [0.2, 0.25) is 0 Å². The van der Waals surface area contributed by atoms with Crippen LogP contribution in [0.5, 0.6) is 0 Å². The van der Waals surface area contributed by atoms with Gasteiger partial charge in [-0.1, -0.05) is 59.4 Å². The standard InChI is InChI=1S/C37H27N3S/c1-2-40-36-24-31(39)18-22-34(36)33-21-17-30(38)23-35(33)37(40)29-15-11-27(12-16-29)9-7-25-3-5-26(6-4-25)8-10-28-13-19-32(41)20-14-28/h3-6,11-24H,2,38-39H2,1H3. The fourth-order valence-corrected chi connectivity index (χ4v) is 5.21. The Morgan fingerprint density at radius 2 is 1.15 bits per heavy atom. The summed E-state index contributed by atoms with van der Waals surface area (Å²) in [4.78, 5) is 3.13. The third-order valence-corrected chi connectivity index (χ3v) is 7.36. The Kier molecular flexibility index (Phi) is 7.00. The van der Waals surface area contributed by atoms with Gasteiger partial charge in [-0.15, -0.1) is 0 Å². The maximum atomic E-state index is 6.25. The molecule has 0 spiro atoms. The average Bonchev–Trinajstić information content (AvgIpc) is 2.99. The first-order valence-electron chi connectivity index (χ1n) is 13.4. The number of benzene rings is 4. The highest BCUT2D eigenvalue weighted by molar-refractivity contribution is 7.81. The fourth-order valence-electron chi connectivity index (χ4n) is 5.07. The van der Waals surface area contributed by atoms with Crippen molar-refractivity contribution in [2.45, 2.75) is 6.92 Å². The number of hydrogen-bond acceptors (Lipinski definition) is 4. The van der Waals surface area contributed by atoms with Gasteiger partial charge in [0.1, 0.15) is 0 Å². The molecule has 0 saturated carbocycles. The van der Waals surface area contributed by atoms with Crippen molar-refractivity contribution in [2.75, 3.05) is 22.9 Å². The molecule has 0 radical (unpaired) electrons. The van der Waals surface area contributed by atoms with Gasteiger partial charge in [-0.2, -0.15) is 0 Å². The Hall–Kier alpha value is -5.29. The van der Waals surface area contributed by atoms with Crippen molar-refractivity contribution in [3.63, 3.8) is 0 Å². The van der Waals surface area contributed by atoms with Gasteiger partial charge in [0.25, 0.3) is 0 Å². The number of hydrogen-bond donors (Lipinski definition) is 2. The van der Waals surface area contributed by atoms with Crippen molar-refractivity contribution in [1.29, 1.82) is 0 Å². The number of allylic oxidation sites excluding steroid dienone is 5. The Balaban J connectivity index is 1.44. The highest BCUT2D eigenvalue weighted by Gasteiger charge is 2.26. The first kappa shape index (κ1) is 26.0. The normalized spacial score (nSPS) is 13.1. The van der Waals surface area contributed by atoms with Gasteiger partial charge in [-0.3, -0.25) is 0 Å². The van der Waals surface area contributed by atoms with Crippen LogP contribution in [-0.2, 0) is 0 Å².